The van der Waals surface area contributed by atoms with Gasteiger partial charge in [-0.25, -0.2) is 4.39 Å². The second kappa shape index (κ2) is 6.84. The molecule has 1 N–H and O–H groups in total. The third kappa shape index (κ3) is 3.57. The molecule has 1 saturated heterocycles. The van der Waals surface area contributed by atoms with Gasteiger partial charge in [-0.15, -0.1) is 0 Å². The van der Waals surface area contributed by atoms with Crippen LogP contribution in [-0.4, -0.2) is 29.0 Å². The summed E-state index contributed by atoms with van der Waals surface area (Å²) in [5.74, 6) is 0.222. The lowest BCUT2D eigenvalue weighted by molar-refractivity contribution is -0.132. The van der Waals surface area contributed by atoms with Gasteiger partial charge in [-0.2, -0.15) is 0 Å². The van der Waals surface area contributed by atoms with E-state index in [1.807, 2.05) is 0 Å². The number of aliphatic hydroxyl groups is 1. The van der Waals surface area contributed by atoms with Gasteiger partial charge in [0.05, 0.1) is 12.6 Å². The summed E-state index contributed by atoms with van der Waals surface area (Å²) in [6.45, 7) is 2.97. The first-order valence-corrected chi connectivity index (χ1v) is 7.32. The molecule has 0 aromatic heterocycles. The molecule has 0 spiro atoms. The fraction of sp³-hybridized carbons (Fsp3) is 0.562. The molecule has 1 amide bonds. The molecule has 0 bridgehead atoms. The molecule has 0 radical (unpaired) electrons. The molecular formula is C16H22FNO2. The molecule has 2 unspecified atom stereocenters. The number of benzene rings is 1. The average Bonchev–Trinajstić information content (AvgIpc) is 2.62. The predicted octanol–water partition coefficient (Wildman–Crippen LogP) is 2.90. The van der Waals surface area contributed by atoms with E-state index in [0.717, 1.165) is 19.3 Å². The van der Waals surface area contributed by atoms with E-state index in [0.29, 0.717) is 18.9 Å². The van der Waals surface area contributed by atoms with Crippen LogP contribution in [0.15, 0.2) is 24.3 Å². The van der Waals surface area contributed by atoms with Crippen LogP contribution >= 0.6 is 0 Å². The number of β-amino-alcohol motifs (C(OH)–C–C–N with tert-alkyl or cyclic N) is 1. The average molecular weight is 279 g/mol. The number of hydrogen-bond donors (Lipinski definition) is 1. The van der Waals surface area contributed by atoms with Crippen molar-refractivity contribution in [3.63, 3.8) is 0 Å². The predicted molar refractivity (Wildman–Crippen MR) is 75.6 cm³/mol. The summed E-state index contributed by atoms with van der Waals surface area (Å²) in [5.41, 5.74) is 0.261. The Balaban J connectivity index is 2.01. The summed E-state index contributed by atoms with van der Waals surface area (Å²) in [4.78, 5) is 13.7. The van der Waals surface area contributed by atoms with E-state index in [1.165, 1.54) is 6.07 Å². The standard InChI is InChI=1S/C16H22FNO2/c1-2-12-7-8-16(20)18(10-9-12)11-15(19)13-5-3-4-6-14(13)17/h3-6,12,15,19H,2,7-11H2,1H3. The van der Waals surface area contributed by atoms with Crippen molar-refractivity contribution in [2.45, 2.75) is 38.7 Å². The van der Waals surface area contributed by atoms with Crippen molar-refractivity contribution < 1.29 is 14.3 Å². The first-order valence-electron chi connectivity index (χ1n) is 7.32. The Kier molecular flexibility index (Phi) is 5.12. The monoisotopic (exact) mass is 279 g/mol. The maximum absolute atomic E-state index is 13.6. The molecule has 1 fully saturated rings. The molecule has 1 aromatic carbocycles. The molecule has 0 saturated carbocycles. The van der Waals surface area contributed by atoms with Gasteiger partial charge in [0.25, 0.3) is 0 Å². The number of rotatable bonds is 4. The van der Waals surface area contributed by atoms with Crippen LogP contribution in [0.4, 0.5) is 4.39 Å². The minimum atomic E-state index is -0.960. The molecular weight excluding hydrogens is 257 g/mol. The van der Waals surface area contributed by atoms with Gasteiger partial charge >= 0.3 is 0 Å². The van der Waals surface area contributed by atoms with Crippen molar-refractivity contribution in [1.29, 1.82) is 0 Å². The normalized spacial score (nSPS) is 21.6. The molecule has 110 valence electrons. The zero-order valence-corrected chi connectivity index (χ0v) is 11.9. The third-order valence-electron chi connectivity index (χ3n) is 4.16. The highest BCUT2D eigenvalue weighted by molar-refractivity contribution is 5.76. The molecule has 0 aliphatic carbocycles. The fourth-order valence-corrected chi connectivity index (χ4v) is 2.75. The lowest BCUT2D eigenvalue weighted by Gasteiger charge is -2.24. The van der Waals surface area contributed by atoms with Crippen LogP contribution in [0.1, 0.15) is 44.3 Å². The van der Waals surface area contributed by atoms with Crippen LogP contribution < -0.4 is 0 Å². The minimum Gasteiger partial charge on any atom is -0.386 e. The molecule has 2 rings (SSSR count). The summed E-state index contributed by atoms with van der Waals surface area (Å²) >= 11 is 0. The van der Waals surface area contributed by atoms with Crippen LogP contribution in [0.2, 0.25) is 0 Å². The lowest BCUT2D eigenvalue weighted by atomic mass is 9.98. The topological polar surface area (TPSA) is 40.5 Å². The molecule has 20 heavy (non-hydrogen) atoms. The van der Waals surface area contributed by atoms with E-state index in [2.05, 4.69) is 6.92 Å². The number of hydrogen-bond acceptors (Lipinski definition) is 2. The highest BCUT2D eigenvalue weighted by atomic mass is 19.1. The van der Waals surface area contributed by atoms with Crippen molar-refractivity contribution in [2.75, 3.05) is 13.1 Å². The fourth-order valence-electron chi connectivity index (χ4n) is 2.75. The Morgan fingerprint density at radius 3 is 2.85 bits per heavy atom. The number of aliphatic hydroxyl groups excluding tert-OH is 1. The van der Waals surface area contributed by atoms with E-state index in [4.69, 9.17) is 0 Å². The highest BCUT2D eigenvalue weighted by Crippen LogP contribution is 2.24. The highest BCUT2D eigenvalue weighted by Gasteiger charge is 2.24. The second-order valence-electron chi connectivity index (χ2n) is 5.48. The number of carbonyl (C=O) groups excluding carboxylic acids is 1. The van der Waals surface area contributed by atoms with Crippen molar-refractivity contribution in [1.82, 2.24) is 4.90 Å². The van der Waals surface area contributed by atoms with Gasteiger partial charge in [-0.1, -0.05) is 31.5 Å². The Morgan fingerprint density at radius 1 is 1.40 bits per heavy atom. The molecule has 1 heterocycles. The van der Waals surface area contributed by atoms with E-state index in [9.17, 15) is 14.3 Å². The van der Waals surface area contributed by atoms with Gasteiger partial charge in [-0.05, 0) is 24.8 Å². The molecule has 2 atom stereocenters. The summed E-state index contributed by atoms with van der Waals surface area (Å²) < 4.78 is 13.6. The Morgan fingerprint density at radius 2 is 2.15 bits per heavy atom. The van der Waals surface area contributed by atoms with Crippen LogP contribution in [0.5, 0.6) is 0 Å². The van der Waals surface area contributed by atoms with Crippen molar-refractivity contribution in [3.8, 4) is 0 Å². The molecule has 1 aliphatic heterocycles. The Labute approximate surface area is 119 Å². The van der Waals surface area contributed by atoms with Crippen molar-refractivity contribution >= 4 is 5.91 Å². The number of nitrogens with zero attached hydrogens (tertiary/aromatic N) is 1. The quantitative estimate of drug-likeness (QED) is 0.920. The summed E-state index contributed by atoms with van der Waals surface area (Å²) in [6, 6.07) is 6.18. The SMILES string of the molecule is CCC1CCC(=O)N(CC(O)c2ccccc2F)CC1. The van der Waals surface area contributed by atoms with E-state index < -0.39 is 11.9 Å². The molecule has 1 aliphatic rings. The van der Waals surface area contributed by atoms with Crippen molar-refractivity contribution in [3.05, 3.63) is 35.6 Å². The first-order chi connectivity index (χ1) is 9.61. The Bertz CT molecular complexity index is 464. The van der Waals surface area contributed by atoms with Gasteiger partial charge in [0.15, 0.2) is 0 Å². The first kappa shape index (κ1) is 15.0. The van der Waals surface area contributed by atoms with Crippen molar-refractivity contribution in [2.24, 2.45) is 5.92 Å². The smallest absolute Gasteiger partial charge is 0.222 e. The lowest BCUT2D eigenvalue weighted by Crippen LogP contribution is -2.34. The summed E-state index contributed by atoms with van der Waals surface area (Å²) in [7, 11) is 0. The third-order valence-corrected chi connectivity index (χ3v) is 4.16. The van der Waals surface area contributed by atoms with Crippen LogP contribution in [0.25, 0.3) is 0 Å². The summed E-state index contributed by atoms with van der Waals surface area (Å²) in [5, 5.41) is 10.2. The van der Waals surface area contributed by atoms with Crippen LogP contribution in [0, 0.1) is 11.7 Å². The second-order valence-corrected chi connectivity index (χ2v) is 5.48. The molecule has 4 heteroatoms. The number of carbonyl (C=O) groups is 1. The zero-order valence-electron chi connectivity index (χ0n) is 11.9. The maximum atomic E-state index is 13.6. The number of amides is 1. The minimum absolute atomic E-state index is 0.0661. The van der Waals surface area contributed by atoms with Gasteiger partial charge < -0.3 is 10.0 Å². The van der Waals surface area contributed by atoms with E-state index in [-0.39, 0.29) is 18.0 Å². The van der Waals surface area contributed by atoms with Crippen LogP contribution in [0.3, 0.4) is 0 Å². The number of likely N-dealkylation sites (tertiary alicyclic amines) is 1. The van der Waals surface area contributed by atoms with Gasteiger partial charge in [0.2, 0.25) is 5.91 Å². The molecule has 1 aromatic rings. The Hall–Kier alpha value is -1.42. The molecule has 3 nitrogen and oxygen atoms in total. The summed E-state index contributed by atoms with van der Waals surface area (Å²) in [6.07, 6.45) is 2.53. The van der Waals surface area contributed by atoms with Gasteiger partial charge in [0.1, 0.15) is 5.82 Å². The van der Waals surface area contributed by atoms with Crippen LogP contribution in [-0.2, 0) is 4.79 Å². The maximum Gasteiger partial charge on any atom is 0.222 e. The largest absolute Gasteiger partial charge is 0.386 e. The van der Waals surface area contributed by atoms with Gasteiger partial charge in [0, 0.05) is 18.5 Å². The van der Waals surface area contributed by atoms with E-state index in [1.54, 1.807) is 23.1 Å². The van der Waals surface area contributed by atoms with Gasteiger partial charge in [-0.3, -0.25) is 4.79 Å². The van der Waals surface area contributed by atoms with E-state index >= 15 is 0 Å². The zero-order chi connectivity index (χ0) is 14.5. The number of halogens is 1.